The summed E-state index contributed by atoms with van der Waals surface area (Å²) in [7, 11) is 1.51. The van der Waals surface area contributed by atoms with Crippen molar-refractivity contribution in [3.8, 4) is 5.75 Å². The Bertz CT molecular complexity index is 584. The molecule has 112 valence electrons. The number of benzene rings is 2. The van der Waals surface area contributed by atoms with Crippen LogP contribution in [0.3, 0.4) is 0 Å². The van der Waals surface area contributed by atoms with E-state index >= 15 is 0 Å². The highest BCUT2D eigenvalue weighted by atomic mass is 19.1. The van der Waals surface area contributed by atoms with Gasteiger partial charge in [0.25, 0.3) is 0 Å². The molecule has 0 amide bonds. The molecule has 0 aliphatic carbocycles. The zero-order chi connectivity index (χ0) is 15.2. The Balaban J connectivity index is 2.24. The molecule has 2 aromatic carbocycles. The molecule has 2 rings (SSSR count). The molecule has 0 fully saturated rings. The van der Waals surface area contributed by atoms with Crippen LogP contribution in [0.2, 0.25) is 0 Å². The van der Waals surface area contributed by atoms with E-state index in [-0.39, 0.29) is 17.7 Å². The van der Waals surface area contributed by atoms with Crippen molar-refractivity contribution >= 4 is 0 Å². The molecule has 0 saturated carbocycles. The number of methoxy groups -OCH3 is 1. The first-order valence-electron chi connectivity index (χ1n) is 6.95. The fraction of sp³-hybridized carbons (Fsp3) is 0.294. The first-order chi connectivity index (χ1) is 10.1. The number of rotatable bonds is 6. The lowest BCUT2D eigenvalue weighted by Gasteiger charge is -2.19. The summed E-state index contributed by atoms with van der Waals surface area (Å²) in [4.78, 5) is 0. The fourth-order valence-corrected chi connectivity index (χ4v) is 2.31. The maximum Gasteiger partial charge on any atom is 0.131 e. The van der Waals surface area contributed by atoms with Crippen molar-refractivity contribution in [1.29, 1.82) is 0 Å². The van der Waals surface area contributed by atoms with Crippen LogP contribution in [0.15, 0.2) is 42.5 Å². The zero-order valence-electron chi connectivity index (χ0n) is 12.2. The van der Waals surface area contributed by atoms with Crippen molar-refractivity contribution in [2.45, 2.75) is 19.4 Å². The molecule has 1 atom stereocenters. The van der Waals surface area contributed by atoms with Gasteiger partial charge >= 0.3 is 0 Å². The highest BCUT2D eigenvalue weighted by Gasteiger charge is 2.16. The Morgan fingerprint density at radius 1 is 1.10 bits per heavy atom. The molecule has 2 aromatic rings. The molecule has 0 spiro atoms. The summed E-state index contributed by atoms with van der Waals surface area (Å²) in [5.41, 5.74) is 1.54. The second-order valence-electron chi connectivity index (χ2n) is 4.83. The third-order valence-electron chi connectivity index (χ3n) is 3.39. The molecule has 0 heterocycles. The van der Waals surface area contributed by atoms with Gasteiger partial charge in [-0.1, -0.05) is 25.1 Å². The molecule has 4 heteroatoms. The molecule has 0 aromatic heterocycles. The summed E-state index contributed by atoms with van der Waals surface area (Å²) < 4.78 is 32.2. The number of nitrogens with one attached hydrogen (secondary N) is 1. The van der Waals surface area contributed by atoms with Crippen molar-refractivity contribution < 1.29 is 13.5 Å². The van der Waals surface area contributed by atoms with Crippen LogP contribution in [0.25, 0.3) is 0 Å². The van der Waals surface area contributed by atoms with Crippen molar-refractivity contribution in [2.75, 3.05) is 13.7 Å². The minimum absolute atomic E-state index is 0.161. The van der Waals surface area contributed by atoms with Crippen LogP contribution in [-0.4, -0.2) is 13.7 Å². The van der Waals surface area contributed by atoms with E-state index in [0.717, 1.165) is 12.1 Å². The molecular weight excluding hydrogens is 272 g/mol. The number of hydrogen-bond donors (Lipinski definition) is 1. The van der Waals surface area contributed by atoms with Crippen LogP contribution in [0.1, 0.15) is 24.1 Å². The summed E-state index contributed by atoms with van der Waals surface area (Å²) in [6, 6.07) is 11.0. The number of ether oxygens (including phenoxy) is 1. The predicted molar refractivity (Wildman–Crippen MR) is 79.5 cm³/mol. The van der Waals surface area contributed by atoms with Crippen LogP contribution in [0, 0.1) is 11.6 Å². The average Bonchev–Trinajstić information content (AvgIpc) is 2.49. The summed E-state index contributed by atoms with van der Waals surface area (Å²) in [5.74, 6) is -0.0786. The molecule has 2 nitrogen and oxygen atoms in total. The Morgan fingerprint density at radius 2 is 1.81 bits per heavy atom. The highest BCUT2D eigenvalue weighted by molar-refractivity contribution is 5.32. The predicted octanol–water partition coefficient (Wildman–Crippen LogP) is 3.87. The van der Waals surface area contributed by atoms with Gasteiger partial charge in [-0.05, 0) is 36.7 Å². The third-order valence-corrected chi connectivity index (χ3v) is 3.39. The van der Waals surface area contributed by atoms with E-state index in [1.165, 1.54) is 25.3 Å². The first-order valence-corrected chi connectivity index (χ1v) is 6.95. The Kier molecular flexibility index (Phi) is 5.28. The maximum absolute atomic E-state index is 14.2. The van der Waals surface area contributed by atoms with Gasteiger partial charge in [-0.3, -0.25) is 0 Å². The summed E-state index contributed by atoms with van der Waals surface area (Å²) in [6.45, 7) is 2.69. The van der Waals surface area contributed by atoms with Gasteiger partial charge in [-0.2, -0.15) is 0 Å². The summed E-state index contributed by atoms with van der Waals surface area (Å²) >= 11 is 0. The smallest absolute Gasteiger partial charge is 0.131 e. The van der Waals surface area contributed by atoms with Crippen LogP contribution >= 0.6 is 0 Å². The van der Waals surface area contributed by atoms with E-state index in [0.29, 0.717) is 17.7 Å². The normalized spacial score (nSPS) is 12.2. The van der Waals surface area contributed by atoms with E-state index in [1.807, 2.05) is 6.92 Å². The highest BCUT2D eigenvalue weighted by Crippen LogP contribution is 2.24. The maximum atomic E-state index is 14.2. The van der Waals surface area contributed by atoms with Crippen molar-refractivity contribution in [3.05, 3.63) is 65.2 Å². The van der Waals surface area contributed by atoms with Crippen LogP contribution in [-0.2, 0) is 6.42 Å². The molecule has 0 aliphatic heterocycles. The first kappa shape index (κ1) is 15.4. The van der Waals surface area contributed by atoms with Crippen LogP contribution in [0.4, 0.5) is 8.78 Å². The van der Waals surface area contributed by atoms with Gasteiger partial charge in [-0.15, -0.1) is 0 Å². The summed E-state index contributed by atoms with van der Waals surface area (Å²) in [5, 5.41) is 3.27. The fourth-order valence-electron chi connectivity index (χ4n) is 2.31. The van der Waals surface area contributed by atoms with Crippen molar-refractivity contribution in [2.24, 2.45) is 0 Å². The monoisotopic (exact) mass is 291 g/mol. The Morgan fingerprint density at radius 3 is 2.38 bits per heavy atom. The van der Waals surface area contributed by atoms with E-state index in [2.05, 4.69) is 5.32 Å². The quantitative estimate of drug-likeness (QED) is 0.872. The molecule has 1 N–H and O–H groups in total. The van der Waals surface area contributed by atoms with Gasteiger partial charge in [0.1, 0.15) is 17.4 Å². The lowest BCUT2D eigenvalue weighted by Crippen LogP contribution is -2.24. The Labute approximate surface area is 123 Å². The molecule has 0 bridgehead atoms. The largest absolute Gasteiger partial charge is 0.497 e. The lowest BCUT2D eigenvalue weighted by molar-refractivity contribution is 0.409. The zero-order valence-corrected chi connectivity index (χ0v) is 12.2. The van der Waals surface area contributed by atoms with E-state index < -0.39 is 0 Å². The topological polar surface area (TPSA) is 21.3 Å². The molecule has 0 aliphatic rings. The van der Waals surface area contributed by atoms with Crippen LogP contribution in [0.5, 0.6) is 5.75 Å². The SMILES string of the molecule is CCNC(Cc1ccc(F)cc1)c1ccc(OC)cc1F. The number of likely N-dealkylation sites (N-methyl/N-ethyl adjacent to an activating group) is 1. The minimum Gasteiger partial charge on any atom is -0.497 e. The van der Waals surface area contributed by atoms with Gasteiger partial charge in [0.15, 0.2) is 0 Å². The van der Waals surface area contributed by atoms with Crippen molar-refractivity contribution in [1.82, 2.24) is 5.32 Å². The van der Waals surface area contributed by atoms with Gasteiger partial charge in [0.2, 0.25) is 0 Å². The van der Waals surface area contributed by atoms with Gasteiger partial charge in [0.05, 0.1) is 7.11 Å². The molecule has 0 radical (unpaired) electrons. The lowest BCUT2D eigenvalue weighted by atomic mass is 9.98. The second-order valence-corrected chi connectivity index (χ2v) is 4.83. The van der Waals surface area contributed by atoms with E-state index in [9.17, 15) is 8.78 Å². The van der Waals surface area contributed by atoms with Gasteiger partial charge in [-0.25, -0.2) is 8.78 Å². The number of hydrogen-bond acceptors (Lipinski definition) is 2. The summed E-state index contributed by atoms with van der Waals surface area (Å²) in [6.07, 6.45) is 0.595. The molecule has 21 heavy (non-hydrogen) atoms. The molecule has 1 unspecified atom stereocenters. The van der Waals surface area contributed by atoms with Crippen molar-refractivity contribution in [3.63, 3.8) is 0 Å². The second kappa shape index (κ2) is 7.18. The van der Waals surface area contributed by atoms with E-state index in [1.54, 1.807) is 24.3 Å². The number of halogens is 2. The molecule has 0 saturated heterocycles. The van der Waals surface area contributed by atoms with Gasteiger partial charge < -0.3 is 10.1 Å². The minimum atomic E-state index is -0.303. The van der Waals surface area contributed by atoms with Crippen LogP contribution < -0.4 is 10.1 Å². The average molecular weight is 291 g/mol. The molecular formula is C17H19F2NO. The van der Waals surface area contributed by atoms with E-state index in [4.69, 9.17) is 4.74 Å². The Hall–Kier alpha value is -1.94. The standard InChI is InChI=1S/C17H19F2NO/c1-3-20-17(10-12-4-6-13(18)7-5-12)15-9-8-14(21-2)11-16(15)19/h4-9,11,17,20H,3,10H2,1-2H3. The third kappa shape index (κ3) is 4.02. The van der Waals surface area contributed by atoms with Gasteiger partial charge in [0, 0.05) is 17.7 Å².